The predicted octanol–water partition coefficient (Wildman–Crippen LogP) is 2.72. The van der Waals surface area contributed by atoms with Crippen LogP contribution < -0.4 is 15.0 Å². The van der Waals surface area contributed by atoms with Crippen molar-refractivity contribution in [2.45, 2.75) is 19.4 Å². The van der Waals surface area contributed by atoms with Crippen molar-refractivity contribution >= 4 is 23.1 Å². The minimum atomic E-state index is -0.0208. The van der Waals surface area contributed by atoms with Crippen molar-refractivity contribution in [3.05, 3.63) is 60.4 Å². The van der Waals surface area contributed by atoms with Crippen molar-refractivity contribution < 1.29 is 9.53 Å². The number of nitrogens with one attached hydrogen (secondary N) is 1. The van der Waals surface area contributed by atoms with Crippen molar-refractivity contribution in [2.75, 3.05) is 25.1 Å². The van der Waals surface area contributed by atoms with Gasteiger partial charge in [-0.25, -0.2) is 24.6 Å². The van der Waals surface area contributed by atoms with Crippen molar-refractivity contribution in [2.24, 2.45) is 5.92 Å². The topological polar surface area (TPSA) is 111 Å². The zero-order chi connectivity index (χ0) is 23.3. The number of hydrogen-bond acceptors (Lipinski definition) is 9. The maximum absolute atomic E-state index is 12.8. The van der Waals surface area contributed by atoms with Gasteiger partial charge in [-0.1, -0.05) is 0 Å². The van der Waals surface area contributed by atoms with Gasteiger partial charge in [-0.3, -0.25) is 4.79 Å². The molecule has 1 saturated heterocycles. The first-order chi connectivity index (χ1) is 16.7. The van der Waals surface area contributed by atoms with Gasteiger partial charge in [-0.2, -0.15) is 5.10 Å². The van der Waals surface area contributed by atoms with Crippen LogP contribution in [0.4, 0.5) is 5.82 Å². The van der Waals surface area contributed by atoms with E-state index in [1.165, 1.54) is 12.7 Å². The number of nitrogens with zero attached hydrogens (tertiary/aromatic N) is 7. The number of thiazole rings is 1. The van der Waals surface area contributed by atoms with E-state index < -0.39 is 0 Å². The second-order valence-corrected chi connectivity index (χ2v) is 8.78. The Morgan fingerprint density at radius 2 is 1.94 bits per heavy atom. The molecule has 34 heavy (non-hydrogen) atoms. The minimum absolute atomic E-state index is 0.0208. The molecule has 0 saturated carbocycles. The number of ether oxygens (including phenoxy) is 1. The highest BCUT2D eigenvalue weighted by atomic mass is 32.1. The third-order valence-electron chi connectivity index (χ3n) is 5.81. The van der Waals surface area contributed by atoms with Gasteiger partial charge in [0, 0.05) is 36.0 Å². The zero-order valence-electron chi connectivity index (χ0n) is 18.7. The molecule has 0 radical (unpaired) electrons. The van der Waals surface area contributed by atoms with Crippen LogP contribution in [0.2, 0.25) is 0 Å². The second kappa shape index (κ2) is 9.96. The van der Waals surface area contributed by atoms with Gasteiger partial charge in [0.15, 0.2) is 5.82 Å². The molecular weight excluding hydrogens is 452 g/mol. The quantitative estimate of drug-likeness (QED) is 0.433. The van der Waals surface area contributed by atoms with Crippen LogP contribution >= 0.6 is 11.3 Å². The lowest BCUT2D eigenvalue weighted by atomic mass is 9.96. The van der Waals surface area contributed by atoms with Crippen LogP contribution in [0.1, 0.15) is 18.5 Å². The van der Waals surface area contributed by atoms with E-state index in [-0.39, 0.29) is 11.8 Å². The Morgan fingerprint density at radius 3 is 2.68 bits per heavy atom. The van der Waals surface area contributed by atoms with Gasteiger partial charge in [-0.15, -0.1) is 11.3 Å². The standard InChI is InChI=1S/C23H24N8O2S/c1-33-19-4-2-17(3-5-19)23-29-18(12-34-23)11-25-22(32)16-6-8-30(9-7-16)20-10-21(27-14-26-20)31-15-24-13-28-31/h2-5,10,12-16H,6-9,11H2,1H3,(H,25,32). The van der Waals surface area contributed by atoms with E-state index in [0.29, 0.717) is 12.4 Å². The predicted molar refractivity (Wildman–Crippen MR) is 128 cm³/mol. The molecule has 0 spiro atoms. The third-order valence-corrected chi connectivity index (χ3v) is 6.75. The van der Waals surface area contributed by atoms with Crippen LogP contribution in [0.5, 0.6) is 5.75 Å². The summed E-state index contributed by atoms with van der Waals surface area (Å²) in [5, 5.41) is 10.1. The summed E-state index contributed by atoms with van der Waals surface area (Å²) in [7, 11) is 1.65. The Morgan fingerprint density at radius 1 is 1.15 bits per heavy atom. The lowest BCUT2D eigenvalue weighted by Gasteiger charge is -2.32. The summed E-state index contributed by atoms with van der Waals surface area (Å²) in [5.74, 6) is 2.36. The Bertz CT molecular complexity index is 1230. The second-order valence-electron chi connectivity index (χ2n) is 7.93. The van der Waals surface area contributed by atoms with Crippen molar-refractivity contribution in [1.82, 2.24) is 35.0 Å². The maximum Gasteiger partial charge on any atom is 0.223 e. The summed E-state index contributed by atoms with van der Waals surface area (Å²) >= 11 is 1.57. The van der Waals surface area contributed by atoms with E-state index in [9.17, 15) is 4.79 Å². The average Bonchev–Trinajstić information content (AvgIpc) is 3.60. The number of hydrogen-bond donors (Lipinski definition) is 1. The highest BCUT2D eigenvalue weighted by Crippen LogP contribution is 2.26. The minimum Gasteiger partial charge on any atom is -0.497 e. The molecule has 1 fully saturated rings. The van der Waals surface area contributed by atoms with E-state index >= 15 is 0 Å². The highest BCUT2D eigenvalue weighted by molar-refractivity contribution is 7.13. The molecule has 0 bridgehead atoms. The van der Waals surface area contributed by atoms with Gasteiger partial charge in [0.05, 0.1) is 19.3 Å². The van der Waals surface area contributed by atoms with Crippen molar-refractivity contribution in [1.29, 1.82) is 0 Å². The molecule has 10 nitrogen and oxygen atoms in total. The van der Waals surface area contributed by atoms with Crippen LogP contribution in [-0.4, -0.2) is 55.8 Å². The summed E-state index contributed by atoms with van der Waals surface area (Å²) in [4.78, 5) is 32.2. The van der Waals surface area contributed by atoms with Gasteiger partial charge in [-0.05, 0) is 37.1 Å². The molecule has 0 aliphatic carbocycles. The molecule has 0 unspecified atom stereocenters. The van der Waals surface area contributed by atoms with Crippen molar-refractivity contribution in [3.63, 3.8) is 0 Å². The van der Waals surface area contributed by atoms with Crippen LogP contribution in [0.3, 0.4) is 0 Å². The number of methoxy groups -OCH3 is 1. The number of aromatic nitrogens is 6. The van der Waals surface area contributed by atoms with Gasteiger partial charge in [0.25, 0.3) is 0 Å². The molecule has 0 atom stereocenters. The van der Waals surface area contributed by atoms with Gasteiger partial charge < -0.3 is 15.0 Å². The lowest BCUT2D eigenvalue weighted by Crippen LogP contribution is -2.40. The zero-order valence-corrected chi connectivity index (χ0v) is 19.5. The Balaban J connectivity index is 1.13. The number of benzene rings is 1. The summed E-state index contributed by atoms with van der Waals surface area (Å²) in [6.45, 7) is 1.94. The van der Waals surface area contributed by atoms with Crippen LogP contribution in [-0.2, 0) is 11.3 Å². The van der Waals surface area contributed by atoms with E-state index in [1.807, 2.05) is 35.7 Å². The third kappa shape index (κ3) is 4.88. The number of piperidine rings is 1. The summed E-state index contributed by atoms with van der Waals surface area (Å²) < 4.78 is 6.81. The van der Waals surface area contributed by atoms with E-state index in [1.54, 1.807) is 29.5 Å². The fourth-order valence-corrected chi connectivity index (χ4v) is 4.73. The molecule has 1 amide bonds. The molecule has 1 aromatic carbocycles. The molecule has 3 aromatic heterocycles. The number of anilines is 1. The normalized spacial score (nSPS) is 14.2. The van der Waals surface area contributed by atoms with E-state index in [4.69, 9.17) is 4.74 Å². The molecule has 5 rings (SSSR count). The molecule has 174 valence electrons. The SMILES string of the molecule is COc1ccc(-c2nc(CNC(=O)C3CCN(c4cc(-n5cncn5)ncn4)CC3)cs2)cc1. The molecule has 1 aliphatic rings. The fourth-order valence-electron chi connectivity index (χ4n) is 3.91. The number of amides is 1. The smallest absolute Gasteiger partial charge is 0.223 e. The number of carbonyl (C=O) groups excluding carboxylic acids is 1. The first kappa shape index (κ1) is 22.0. The van der Waals surface area contributed by atoms with E-state index in [0.717, 1.165) is 53.8 Å². The largest absolute Gasteiger partial charge is 0.497 e. The Labute approximate surface area is 200 Å². The molecule has 11 heteroatoms. The molecule has 1 aliphatic heterocycles. The van der Waals surface area contributed by atoms with Crippen LogP contribution in [0.25, 0.3) is 16.4 Å². The fraction of sp³-hybridized carbons (Fsp3) is 0.304. The highest BCUT2D eigenvalue weighted by Gasteiger charge is 2.26. The van der Waals surface area contributed by atoms with Gasteiger partial charge in [0.1, 0.15) is 35.6 Å². The molecule has 4 heterocycles. The van der Waals surface area contributed by atoms with E-state index in [2.05, 4.69) is 35.3 Å². The molecule has 4 aromatic rings. The Hall–Kier alpha value is -3.86. The summed E-state index contributed by atoms with van der Waals surface area (Å²) in [6, 6.07) is 9.70. The molecular formula is C23H24N8O2S. The molecule has 1 N–H and O–H groups in total. The Kier molecular flexibility index (Phi) is 6.43. The van der Waals surface area contributed by atoms with Crippen LogP contribution in [0.15, 0.2) is 54.7 Å². The summed E-state index contributed by atoms with van der Waals surface area (Å²) in [6.07, 6.45) is 6.13. The average molecular weight is 477 g/mol. The number of rotatable bonds is 7. The summed E-state index contributed by atoms with van der Waals surface area (Å²) in [5.41, 5.74) is 1.90. The van der Waals surface area contributed by atoms with Crippen LogP contribution in [0, 0.1) is 5.92 Å². The first-order valence-corrected chi connectivity index (χ1v) is 11.9. The maximum atomic E-state index is 12.8. The lowest BCUT2D eigenvalue weighted by molar-refractivity contribution is -0.125. The monoisotopic (exact) mass is 476 g/mol. The first-order valence-electron chi connectivity index (χ1n) is 11.0. The number of carbonyl (C=O) groups is 1. The van der Waals surface area contributed by atoms with Crippen molar-refractivity contribution in [3.8, 4) is 22.1 Å². The van der Waals surface area contributed by atoms with Gasteiger partial charge in [0.2, 0.25) is 5.91 Å². The van der Waals surface area contributed by atoms with Gasteiger partial charge >= 0.3 is 0 Å².